The summed E-state index contributed by atoms with van der Waals surface area (Å²) >= 11 is 0. The first-order chi connectivity index (χ1) is 11.3. The summed E-state index contributed by atoms with van der Waals surface area (Å²) in [5.74, 6) is 0.294. The number of amides is 1. The zero-order chi connectivity index (χ0) is 15.9. The van der Waals surface area contributed by atoms with Crippen LogP contribution in [0.15, 0.2) is 42.9 Å². The second-order valence-electron chi connectivity index (χ2n) is 6.07. The lowest BCUT2D eigenvalue weighted by molar-refractivity contribution is -0.133. The first-order valence-corrected chi connectivity index (χ1v) is 8.32. The second-order valence-corrected chi connectivity index (χ2v) is 6.07. The van der Waals surface area contributed by atoms with Gasteiger partial charge in [0, 0.05) is 51.0 Å². The number of aryl methyl sites for hydroxylation is 1. The van der Waals surface area contributed by atoms with Crippen molar-refractivity contribution in [1.29, 1.82) is 0 Å². The molecule has 1 aromatic carbocycles. The molecule has 5 heteroatoms. The van der Waals surface area contributed by atoms with Crippen molar-refractivity contribution in [3.63, 3.8) is 0 Å². The molecule has 1 aromatic heterocycles. The lowest BCUT2D eigenvalue weighted by Crippen LogP contribution is -2.48. The number of H-pyrrole nitrogens is 1. The van der Waals surface area contributed by atoms with Gasteiger partial charge >= 0.3 is 0 Å². The Kier molecular flexibility index (Phi) is 5.42. The Morgan fingerprint density at radius 2 is 1.91 bits per heavy atom. The fraction of sp³-hybridized carbons (Fsp3) is 0.444. The largest absolute Gasteiger partial charge is 0.347 e. The molecule has 0 saturated carbocycles. The van der Waals surface area contributed by atoms with Crippen molar-refractivity contribution in [3.8, 4) is 0 Å². The van der Waals surface area contributed by atoms with Gasteiger partial charge in [0.25, 0.3) is 0 Å². The topological polar surface area (TPSA) is 52.2 Å². The van der Waals surface area contributed by atoms with E-state index in [1.54, 1.807) is 6.33 Å². The van der Waals surface area contributed by atoms with Gasteiger partial charge in [-0.3, -0.25) is 9.69 Å². The predicted molar refractivity (Wildman–Crippen MR) is 89.8 cm³/mol. The highest BCUT2D eigenvalue weighted by molar-refractivity contribution is 5.76. The summed E-state index contributed by atoms with van der Waals surface area (Å²) in [6.45, 7) is 4.42. The van der Waals surface area contributed by atoms with Gasteiger partial charge < -0.3 is 9.88 Å². The van der Waals surface area contributed by atoms with Crippen LogP contribution in [0.2, 0.25) is 0 Å². The number of piperazine rings is 1. The fourth-order valence-corrected chi connectivity index (χ4v) is 3.01. The number of carbonyl (C=O) groups excluding carboxylic acids is 1. The van der Waals surface area contributed by atoms with Crippen molar-refractivity contribution in [3.05, 3.63) is 54.1 Å². The number of nitrogens with one attached hydrogen (secondary N) is 1. The summed E-state index contributed by atoms with van der Waals surface area (Å²) in [4.78, 5) is 23.8. The van der Waals surface area contributed by atoms with Crippen LogP contribution in [0.3, 0.4) is 0 Å². The minimum Gasteiger partial charge on any atom is -0.347 e. The van der Waals surface area contributed by atoms with Crippen LogP contribution in [-0.4, -0.2) is 51.9 Å². The average molecular weight is 312 g/mol. The van der Waals surface area contributed by atoms with Crippen LogP contribution in [0.1, 0.15) is 24.1 Å². The molecular weight excluding hydrogens is 288 g/mol. The van der Waals surface area contributed by atoms with Crippen LogP contribution in [0, 0.1) is 0 Å². The average Bonchev–Trinajstić information content (AvgIpc) is 3.09. The fourth-order valence-electron chi connectivity index (χ4n) is 3.01. The number of imidazole rings is 1. The third-order valence-electron chi connectivity index (χ3n) is 4.37. The van der Waals surface area contributed by atoms with E-state index in [1.807, 2.05) is 17.2 Å². The Labute approximate surface area is 137 Å². The third-order valence-corrected chi connectivity index (χ3v) is 4.37. The van der Waals surface area contributed by atoms with Crippen molar-refractivity contribution >= 4 is 5.91 Å². The van der Waals surface area contributed by atoms with Crippen molar-refractivity contribution in [2.45, 2.75) is 25.8 Å². The van der Waals surface area contributed by atoms with Crippen LogP contribution in [0.5, 0.6) is 0 Å². The van der Waals surface area contributed by atoms with Gasteiger partial charge in [-0.1, -0.05) is 30.3 Å². The Morgan fingerprint density at radius 3 is 2.61 bits per heavy atom. The third kappa shape index (κ3) is 4.66. The van der Waals surface area contributed by atoms with E-state index >= 15 is 0 Å². The molecule has 122 valence electrons. The molecule has 1 saturated heterocycles. The number of hydrogen-bond donors (Lipinski definition) is 1. The molecule has 0 spiro atoms. The molecule has 0 radical (unpaired) electrons. The molecule has 1 aliphatic rings. The van der Waals surface area contributed by atoms with Crippen LogP contribution < -0.4 is 0 Å². The number of nitrogens with zero attached hydrogens (tertiary/aromatic N) is 3. The van der Waals surface area contributed by atoms with E-state index in [0.717, 1.165) is 51.3 Å². The Balaban J connectivity index is 1.36. The van der Waals surface area contributed by atoms with Crippen LogP contribution >= 0.6 is 0 Å². The van der Waals surface area contributed by atoms with Crippen LogP contribution in [0.4, 0.5) is 0 Å². The summed E-state index contributed by atoms with van der Waals surface area (Å²) < 4.78 is 0. The summed E-state index contributed by atoms with van der Waals surface area (Å²) in [6.07, 6.45) is 6.13. The highest BCUT2D eigenvalue weighted by Crippen LogP contribution is 2.10. The lowest BCUT2D eigenvalue weighted by Gasteiger charge is -2.34. The molecule has 5 nitrogen and oxygen atoms in total. The number of hydrogen-bond acceptors (Lipinski definition) is 3. The molecule has 3 rings (SSSR count). The molecule has 23 heavy (non-hydrogen) atoms. The first-order valence-electron chi connectivity index (χ1n) is 8.32. The van der Waals surface area contributed by atoms with E-state index in [-0.39, 0.29) is 0 Å². The van der Waals surface area contributed by atoms with Crippen molar-refractivity contribution in [2.75, 3.05) is 26.2 Å². The quantitative estimate of drug-likeness (QED) is 0.888. The molecule has 2 aromatic rings. The molecule has 0 bridgehead atoms. The maximum absolute atomic E-state index is 12.3. The first kappa shape index (κ1) is 15.7. The van der Waals surface area contributed by atoms with Crippen LogP contribution in [-0.2, 0) is 17.8 Å². The van der Waals surface area contributed by atoms with E-state index in [0.29, 0.717) is 12.3 Å². The van der Waals surface area contributed by atoms with Gasteiger partial charge in [-0.15, -0.1) is 0 Å². The second kappa shape index (κ2) is 7.92. The Bertz CT molecular complexity index is 589. The summed E-state index contributed by atoms with van der Waals surface area (Å²) in [5.41, 5.74) is 2.44. The lowest BCUT2D eigenvalue weighted by atomic mass is 10.1. The minimum absolute atomic E-state index is 0.294. The zero-order valence-electron chi connectivity index (χ0n) is 13.4. The summed E-state index contributed by atoms with van der Waals surface area (Å²) in [7, 11) is 0. The predicted octanol–water partition coefficient (Wildman–Crippen LogP) is 2.08. The van der Waals surface area contributed by atoms with Gasteiger partial charge in [0.1, 0.15) is 0 Å². The smallest absolute Gasteiger partial charge is 0.222 e. The van der Waals surface area contributed by atoms with E-state index in [9.17, 15) is 4.79 Å². The van der Waals surface area contributed by atoms with Crippen molar-refractivity contribution < 1.29 is 4.79 Å². The number of rotatable bonds is 6. The molecule has 2 heterocycles. The molecule has 1 amide bonds. The maximum atomic E-state index is 12.3. The van der Waals surface area contributed by atoms with E-state index in [4.69, 9.17) is 0 Å². The molecule has 1 N–H and O–H groups in total. The van der Waals surface area contributed by atoms with Gasteiger partial charge in [-0.25, -0.2) is 4.98 Å². The SMILES string of the molecule is O=C(CCCc1ccccc1)N1CCN(Cc2cnc[nH]2)CC1. The normalized spacial score (nSPS) is 15.7. The monoisotopic (exact) mass is 312 g/mol. The molecular formula is C18H24N4O. The van der Waals surface area contributed by atoms with Gasteiger partial charge in [0.05, 0.1) is 6.33 Å². The minimum atomic E-state index is 0.294. The summed E-state index contributed by atoms with van der Waals surface area (Å²) in [5, 5.41) is 0. The van der Waals surface area contributed by atoms with Gasteiger partial charge in [-0.05, 0) is 18.4 Å². The summed E-state index contributed by atoms with van der Waals surface area (Å²) in [6, 6.07) is 10.4. The maximum Gasteiger partial charge on any atom is 0.222 e. The van der Waals surface area contributed by atoms with Gasteiger partial charge in [0.15, 0.2) is 0 Å². The number of carbonyl (C=O) groups is 1. The van der Waals surface area contributed by atoms with E-state index in [1.165, 1.54) is 5.56 Å². The number of aromatic amines is 1. The Hall–Kier alpha value is -2.14. The highest BCUT2D eigenvalue weighted by atomic mass is 16.2. The van der Waals surface area contributed by atoms with Gasteiger partial charge in [0.2, 0.25) is 5.91 Å². The number of aromatic nitrogens is 2. The van der Waals surface area contributed by atoms with E-state index < -0.39 is 0 Å². The highest BCUT2D eigenvalue weighted by Gasteiger charge is 2.20. The van der Waals surface area contributed by atoms with Crippen molar-refractivity contribution in [1.82, 2.24) is 19.8 Å². The zero-order valence-corrected chi connectivity index (χ0v) is 13.4. The van der Waals surface area contributed by atoms with Gasteiger partial charge in [-0.2, -0.15) is 0 Å². The van der Waals surface area contributed by atoms with Crippen LogP contribution in [0.25, 0.3) is 0 Å². The number of benzene rings is 1. The Morgan fingerprint density at radius 1 is 1.13 bits per heavy atom. The standard InChI is InChI=1S/C18H24N4O/c23-18(8-4-7-16-5-2-1-3-6-16)22-11-9-21(10-12-22)14-17-13-19-15-20-17/h1-3,5-6,13,15H,4,7-12,14H2,(H,19,20). The molecule has 0 atom stereocenters. The van der Waals surface area contributed by atoms with Crippen molar-refractivity contribution in [2.24, 2.45) is 0 Å². The molecule has 0 aliphatic carbocycles. The molecule has 0 unspecified atom stereocenters. The van der Waals surface area contributed by atoms with E-state index in [2.05, 4.69) is 39.1 Å². The molecule has 1 fully saturated rings. The molecule has 1 aliphatic heterocycles.